The van der Waals surface area contributed by atoms with Gasteiger partial charge >= 0.3 is 0 Å². The Bertz CT molecular complexity index is 1080. The fourth-order valence-electron chi connectivity index (χ4n) is 5.50. The van der Waals surface area contributed by atoms with Crippen molar-refractivity contribution in [3.63, 3.8) is 0 Å². The summed E-state index contributed by atoms with van der Waals surface area (Å²) in [6.07, 6.45) is 2.34. The quantitative estimate of drug-likeness (QED) is 0.632. The van der Waals surface area contributed by atoms with Gasteiger partial charge < -0.3 is 15.4 Å². The van der Waals surface area contributed by atoms with Crippen LogP contribution in [0.15, 0.2) is 45.2 Å². The highest BCUT2D eigenvalue weighted by Crippen LogP contribution is 2.55. The summed E-state index contributed by atoms with van der Waals surface area (Å²) in [5, 5.41) is 0. The summed E-state index contributed by atoms with van der Waals surface area (Å²) in [7, 11) is 1.98. The molecule has 0 saturated carbocycles. The lowest BCUT2D eigenvalue weighted by Gasteiger charge is -2.48. The normalized spacial score (nSPS) is 22.3. The molecule has 0 saturated heterocycles. The van der Waals surface area contributed by atoms with Crippen molar-refractivity contribution in [2.75, 3.05) is 13.7 Å². The van der Waals surface area contributed by atoms with Crippen LogP contribution >= 0.6 is 15.9 Å². The van der Waals surface area contributed by atoms with E-state index in [1.165, 1.54) is 0 Å². The molecule has 3 aliphatic rings. The summed E-state index contributed by atoms with van der Waals surface area (Å²) >= 11 is 3.54. The van der Waals surface area contributed by atoms with Crippen molar-refractivity contribution < 1.29 is 19.1 Å². The maximum absolute atomic E-state index is 13.6. The van der Waals surface area contributed by atoms with Crippen molar-refractivity contribution in [1.29, 1.82) is 0 Å². The zero-order chi connectivity index (χ0) is 24.3. The first kappa shape index (κ1) is 23.7. The lowest BCUT2D eigenvalue weighted by Crippen LogP contribution is -2.43. The van der Waals surface area contributed by atoms with Crippen LogP contribution in [-0.4, -0.2) is 36.0 Å². The molecule has 1 heterocycles. The molecule has 6 nitrogen and oxygen atoms in total. The van der Waals surface area contributed by atoms with Crippen molar-refractivity contribution in [1.82, 2.24) is 4.90 Å². The lowest BCUT2D eigenvalue weighted by atomic mass is 9.63. The topological polar surface area (TPSA) is 89.7 Å². The highest BCUT2D eigenvalue weighted by atomic mass is 79.9. The Morgan fingerprint density at radius 3 is 2.03 bits per heavy atom. The number of ketones is 2. The number of allylic oxidation sites excluding steroid dienone is 4. The van der Waals surface area contributed by atoms with Gasteiger partial charge in [0.15, 0.2) is 18.2 Å². The van der Waals surface area contributed by atoms with E-state index in [-0.39, 0.29) is 29.0 Å². The summed E-state index contributed by atoms with van der Waals surface area (Å²) < 4.78 is 6.57. The third-order valence-electron chi connectivity index (χ3n) is 6.83. The number of ether oxygens (including phenoxy) is 1. The zero-order valence-electron chi connectivity index (χ0n) is 19.9. The molecule has 33 heavy (non-hydrogen) atoms. The molecule has 0 bridgehead atoms. The second-order valence-corrected chi connectivity index (χ2v) is 11.9. The van der Waals surface area contributed by atoms with Crippen LogP contribution in [0.25, 0.3) is 0 Å². The number of halogens is 1. The number of nitrogens with two attached hydrogens (primary N) is 1. The number of primary amides is 1. The van der Waals surface area contributed by atoms with E-state index in [1.807, 2.05) is 19.2 Å². The fourth-order valence-corrected chi connectivity index (χ4v) is 5.88. The molecule has 1 aromatic carbocycles. The second kappa shape index (κ2) is 8.12. The van der Waals surface area contributed by atoms with Crippen molar-refractivity contribution in [3.8, 4) is 5.75 Å². The summed E-state index contributed by atoms with van der Waals surface area (Å²) in [5.74, 6) is -0.538. The molecule has 0 atom stereocenters. The molecule has 1 aromatic rings. The molecule has 176 valence electrons. The van der Waals surface area contributed by atoms with Gasteiger partial charge in [0.25, 0.3) is 5.91 Å². The average Bonchev–Trinajstić information content (AvgIpc) is 2.67. The third-order valence-corrected chi connectivity index (χ3v) is 7.33. The molecule has 7 heteroatoms. The Hall–Kier alpha value is -2.41. The molecule has 0 radical (unpaired) electrons. The van der Waals surface area contributed by atoms with Crippen molar-refractivity contribution in [3.05, 3.63) is 50.8 Å². The number of amides is 1. The molecule has 2 N–H and O–H groups in total. The summed E-state index contributed by atoms with van der Waals surface area (Å²) in [4.78, 5) is 40.7. The highest BCUT2D eigenvalue weighted by Gasteiger charge is 2.48. The largest absolute Gasteiger partial charge is 0.483 e. The van der Waals surface area contributed by atoms with Gasteiger partial charge in [0.05, 0.1) is 0 Å². The Balaban J connectivity index is 1.98. The Kier molecular flexibility index (Phi) is 5.84. The van der Waals surface area contributed by atoms with Gasteiger partial charge in [-0.15, -0.1) is 0 Å². The molecule has 0 aromatic heterocycles. The van der Waals surface area contributed by atoms with Gasteiger partial charge in [-0.2, -0.15) is 0 Å². The van der Waals surface area contributed by atoms with Crippen LogP contribution in [0, 0.1) is 10.8 Å². The molecule has 0 unspecified atom stereocenters. The molecule has 1 aliphatic heterocycles. The van der Waals surface area contributed by atoms with Gasteiger partial charge in [-0.05, 0) is 41.9 Å². The van der Waals surface area contributed by atoms with Gasteiger partial charge in [0, 0.05) is 58.4 Å². The van der Waals surface area contributed by atoms with E-state index in [4.69, 9.17) is 10.5 Å². The van der Waals surface area contributed by atoms with Gasteiger partial charge in [-0.1, -0.05) is 43.6 Å². The first-order valence-electron chi connectivity index (χ1n) is 11.3. The van der Waals surface area contributed by atoms with E-state index >= 15 is 0 Å². The second-order valence-electron chi connectivity index (χ2n) is 11.0. The number of carbonyl (C=O) groups excluding carboxylic acids is 3. The molecule has 0 fully saturated rings. The SMILES string of the molecule is CN1C2=C(C(=O)CC(C)(C)C2)C(c2cc(Br)ccc2OCC(N)=O)C2=C1CC(C)(C)CC2=O. The summed E-state index contributed by atoms with van der Waals surface area (Å²) in [6.45, 7) is 8.16. The Labute approximate surface area is 203 Å². The predicted octanol–water partition coefficient (Wildman–Crippen LogP) is 4.63. The van der Waals surface area contributed by atoms with E-state index < -0.39 is 11.8 Å². The minimum Gasteiger partial charge on any atom is -0.483 e. The zero-order valence-corrected chi connectivity index (χ0v) is 21.5. The molecule has 1 amide bonds. The lowest BCUT2D eigenvalue weighted by molar-refractivity contribution is -0.121. The third kappa shape index (κ3) is 4.39. The van der Waals surface area contributed by atoms with E-state index in [0.717, 1.165) is 28.7 Å². The maximum Gasteiger partial charge on any atom is 0.255 e. The Morgan fingerprint density at radius 2 is 1.55 bits per heavy atom. The van der Waals surface area contributed by atoms with Crippen molar-refractivity contribution in [2.45, 2.75) is 59.3 Å². The van der Waals surface area contributed by atoms with E-state index in [1.54, 1.807) is 6.07 Å². The van der Waals surface area contributed by atoms with Gasteiger partial charge in [-0.25, -0.2) is 0 Å². The van der Waals surface area contributed by atoms with Crippen molar-refractivity contribution in [2.24, 2.45) is 16.6 Å². The Morgan fingerprint density at radius 1 is 1.03 bits per heavy atom. The minimum atomic E-state index is -0.585. The first-order chi connectivity index (χ1) is 15.3. The van der Waals surface area contributed by atoms with E-state index in [9.17, 15) is 14.4 Å². The first-order valence-corrected chi connectivity index (χ1v) is 12.1. The van der Waals surface area contributed by atoms with Crippen LogP contribution in [0.4, 0.5) is 0 Å². The number of benzene rings is 1. The number of Topliss-reactive ketones (excluding diaryl/α,β-unsaturated/α-hetero) is 2. The van der Waals surface area contributed by atoms with Gasteiger partial charge in [0.1, 0.15) is 5.75 Å². The molecule has 4 rings (SSSR count). The maximum atomic E-state index is 13.6. The van der Waals surface area contributed by atoms with Crippen LogP contribution in [-0.2, 0) is 14.4 Å². The number of nitrogens with zero attached hydrogens (tertiary/aromatic N) is 1. The van der Waals surface area contributed by atoms with E-state index in [2.05, 4.69) is 48.5 Å². The minimum absolute atomic E-state index is 0.0584. The van der Waals surface area contributed by atoms with E-state index in [0.29, 0.717) is 35.3 Å². The number of hydrogen-bond donors (Lipinski definition) is 1. The molecule has 0 spiro atoms. The van der Waals surface area contributed by atoms with Crippen LogP contribution in [0.2, 0.25) is 0 Å². The average molecular weight is 515 g/mol. The van der Waals surface area contributed by atoms with Crippen LogP contribution < -0.4 is 10.5 Å². The highest BCUT2D eigenvalue weighted by molar-refractivity contribution is 9.10. The smallest absolute Gasteiger partial charge is 0.255 e. The van der Waals surface area contributed by atoms with Crippen LogP contribution in [0.3, 0.4) is 0 Å². The van der Waals surface area contributed by atoms with Crippen LogP contribution in [0.5, 0.6) is 5.75 Å². The number of hydrogen-bond acceptors (Lipinski definition) is 5. The van der Waals surface area contributed by atoms with Crippen LogP contribution in [0.1, 0.15) is 64.9 Å². The molecular formula is C26H31BrN2O4. The standard InChI is InChI=1S/C26H31BrN2O4/c1-25(2)9-16-23(18(30)11-25)22(15-8-14(27)6-7-20(15)33-13-21(28)32)24-17(29(16)5)10-26(3,4)12-19(24)31/h6-8,22H,9-13H2,1-5H3,(H2,28,32). The summed E-state index contributed by atoms with van der Waals surface area (Å²) in [5.41, 5.74) is 9.01. The number of rotatable bonds is 4. The molecule has 2 aliphatic carbocycles. The van der Waals surface area contributed by atoms with Gasteiger partial charge in [0.2, 0.25) is 0 Å². The van der Waals surface area contributed by atoms with Crippen molar-refractivity contribution >= 4 is 33.4 Å². The van der Waals surface area contributed by atoms with Gasteiger partial charge in [-0.3, -0.25) is 14.4 Å². The monoisotopic (exact) mass is 514 g/mol. The molecular weight excluding hydrogens is 484 g/mol. The predicted molar refractivity (Wildman–Crippen MR) is 129 cm³/mol. The fraction of sp³-hybridized carbons (Fsp3) is 0.500. The summed E-state index contributed by atoms with van der Waals surface area (Å²) in [6, 6.07) is 5.47. The number of carbonyl (C=O) groups is 3.